The van der Waals surface area contributed by atoms with Crippen LogP contribution < -0.4 is 0 Å². The van der Waals surface area contributed by atoms with Gasteiger partial charge in [-0.05, 0) is 26.4 Å². The van der Waals surface area contributed by atoms with Gasteiger partial charge < -0.3 is 14.7 Å². The summed E-state index contributed by atoms with van der Waals surface area (Å²) in [7, 11) is 1.99. The average Bonchev–Trinajstić information content (AvgIpc) is 2.31. The molecule has 4 heteroatoms. The lowest BCUT2D eigenvalue weighted by Crippen LogP contribution is -2.30. The number of rotatable bonds is 2. The van der Waals surface area contributed by atoms with E-state index in [1.165, 1.54) is 0 Å². The Morgan fingerprint density at radius 1 is 1.82 bits per heavy atom. The largest absolute Gasteiger partial charge is 0.505 e. The van der Waals surface area contributed by atoms with Crippen LogP contribution in [0.15, 0.2) is 0 Å². The molecular weight excluding hydrogens is 146 g/mol. The number of carbonyl (C=O) groups is 1. The zero-order chi connectivity index (χ0) is 8.27. The van der Waals surface area contributed by atoms with Crippen molar-refractivity contribution in [3.63, 3.8) is 0 Å². The molecule has 1 saturated heterocycles. The van der Waals surface area contributed by atoms with Crippen molar-refractivity contribution in [3.05, 3.63) is 0 Å². The van der Waals surface area contributed by atoms with Crippen LogP contribution >= 0.6 is 0 Å². The van der Waals surface area contributed by atoms with Crippen molar-refractivity contribution in [1.82, 2.24) is 4.90 Å². The maximum Gasteiger partial charge on any atom is 0.505 e. The highest BCUT2D eigenvalue weighted by Crippen LogP contribution is 2.14. The van der Waals surface area contributed by atoms with Gasteiger partial charge in [0.15, 0.2) is 0 Å². The van der Waals surface area contributed by atoms with E-state index < -0.39 is 6.16 Å². The van der Waals surface area contributed by atoms with E-state index in [9.17, 15) is 4.79 Å². The summed E-state index contributed by atoms with van der Waals surface area (Å²) in [6.45, 7) is 1.36. The molecule has 0 radical (unpaired) electrons. The minimum absolute atomic E-state index is 0.297. The molecule has 1 rings (SSSR count). The average molecular weight is 159 g/mol. The van der Waals surface area contributed by atoms with E-state index in [1.807, 2.05) is 7.05 Å². The quantitative estimate of drug-likeness (QED) is 0.605. The van der Waals surface area contributed by atoms with Gasteiger partial charge >= 0.3 is 6.16 Å². The van der Waals surface area contributed by atoms with Crippen molar-refractivity contribution in [2.75, 3.05) is 20.2 Å². The predicted molar refractivity (Wildman–Crippen MR) is 39.6 cm³/mol. The Morgan fingerprint density at radius 2 is 2.55 bits per heavy atom. The Morgan fingerprint density at radius 3 is 3.00 bits per heavy atom. The van der Waals surface area contributed by atoms with Gasteiger partial charge in [-0.2, -0.15) is 0 Å². The highest BCUT2D eigenvalue weighted by atomic mass is 16.7. The number of carboxylic acid groups (broad SMARTS) is 1. The molecule has 0 saturated carbocycles. The van der Waals surface area contributed by atoms with Crippen LogP contribution in [0, 0.1) is 0 Å². The number of hydrogen-bond acceptors (Lipinski definition) is 3. The molecule has 1 heterocycles. The third-order valence-electron chi connectivity index (χ3n) is 2.07. The summed E-state index contributed by atoms with van der Waals surface area (Å²) in [6, 6.07) is 0.297. The molecular formula is C7H13NO3. The van der Waals surface area contributed by atoms with Crippen LogP contribution in [-0.4, -0.2) is 42.4 Å². The fourth-order valence-corrected chi connectivity index (χ4v) is 1.36. The predicted octanol–water partition coefficient (Wildman–Crippen LogP) is 0.775. The van der Waals surface area contributed by atoms with Gasteiger partial charge in [-0.25, -0.2) is 4.79 Å². The van der Waals surface area contributed by atoms with E-state index in [1.54, 1.807) is 0 Å². The van der Waals surface area contributed by atoms with Crippen LogP contribution in [0.1, 0.15) is 12.8 Å². The first kappa shape index (κ1) is 8.33. The maximum absolute atomic E-state index is 10.0. The summed E-state index contributed by atoms with van der Waals surface area (Å²) >= 11 is 0. The molecule has 0 aromatic rings. The normalized spacial score (nSPS) is 25.4. The number of ether oxygens (including phenoxy) is 1. The third kappa shape index (κ3) is 2.38. The molecule has 0 aromatic heterocycles. The Bertz CT molecular complexity index is 149. The molecule has 0 amide bonds. The molecule has 0 spiro atoms. The van der Waals surface area contributed by atoms with E-state index >= 15 is 0 Å². The Kier molecular flexibility index (Phi) is 2.70. The van der Waals surface area contributed by atoms with E-state index in [2.05, 4.69) is 9.64 Å². The summed E-state index contributed by atoms with van der Waals surface area (Å²) in [5.74, 6) is 0. The van der Waals surface area contributed by atoms with Crippen molar-refractivity contribution in [1.29, 1.82) is 0 Å². The Balaban J connectivity index is 2.20. The van der Waals surface area contributed by atoms with Crippen molar-refractivity contribution >= 4 is 6.16 Å². The van der Waals surface area contributed by atoms with Gasteiger partial charge in [0, 0.05) is 6.04 Å². The summed E-state index contributed by atoms with van der Waals surface area (Å²) in [5.41, 5.74) is 0. The number of likely N-dealkylation sites (tertiary alicyclic amines) is 1. The first-order valence-electron chi connectivity index (χ1n) is 3.76. The minimum atomic E-state index is -1.18. The fourth-order valence-electron chi connectivity index (χ4n) is 1.36. The SMILES string of the molecule is CN1CCCC1COC(=O)O. The van der Waals surface area contributed by atoms with Crippen LogP contribution in [0.5, 0.6) is 0 Å². The highest BCUT2D eigenvalue weighted by Gasteiger charge is 2.21. The molecule has 0 bridgehead atoms. The first-order chi connectivity index (χ1) is 5.20. The van der Waals surface area contributed by atoms with Gasteiger partial charge in [0.2, 0.25) is 0 Å². The van der Waals surface area contributed by atoms with Crippen LogP contribution in [-0.2, 0) is 4.74 Å². The molecule has 1 N–H and O–H groups in total. The van der Waals surface area contributed by atoms with Crippen molar-refractivity contribution in [2.24, 2.45) is 0 Å². The lowest BCUT2D eigenvalue weighted by molar-refractivity contribution is 0.0709. The molecule has 0 aliphatic carbocycles. The zero-order valence-electron chi connectivity index (χ0n) is 6.62. The molecule has 1 fully saturated rings. The van der Waals surface area contributed by atoms with Crippen LogP contribution in [0.3, 0.4) is 0 Å². The summed E-state index contributed by atoms with van der Waals surface area (Å²) in [5, 5.41) is 8.22. The smallest absolute Gasteiger partial charge is 0.450 e. The van der Waals surface area contributed by atoms with Crippen molar-refractivity contribution < 1.29 is 14.6 Å². The number of nitrogens with zero attached hydrogens (tertiary/aromatic N) is 1. The van der Waals surface area contributed by atoms with E-state index in [4.69, 9.17) is 5.11 Å². The summed E-state index contributed by atoms with van der Waals surface area (Å²) < 4.78 is 4.47. The molecule has 4 nitrogen and oxygen atoms in total. The second-order valence-electron chi connectivity index (χ2n) is 2.85. The van der Waals surface area contributed by atoms with Gasteiger partial charge in [-0.15, -0.1) is 0 Å². The first-order valence-corrected chi connectivity index (χ1v) is 3.76. The number of hydrogen-bond donors (Lipinski definition) is 1. The lowest BCUT2D eigenvalue weighted by atomic mass is 10.2. The second kappa shape index (κ2) is 3.57. The Hall–Kier alpha value is -0.770. The van der Waals surface area contributed by atoms with Crippen LogP contribution in [0.4, 0.5) is 4.79 Å². The fraction of sp³-hybridized carbons (Fsp3) is 0.857. The van der Waals surface area contributed by atoms with E-state index in [0.29, 0.717) is 12.6 Å². The molecule has 0 aromatic carbocycles. The van der Waals surface area contributed by atoms with Gasteiger partial charge in [0.25, 0.3) is 0 Å². The van der Waals surface area contributed by atoms with Gasteiger partial charge in [0.05, 0.1) is 0 Å². The molecule has 1 aliphatic rings. The monoisotopic (exact) mass is 159 g/mol. The van der Waals surface area contributed by atoms with Crippen LogP contribution in [0.25, 0.3) is 0 Å². The lowest BCUT2D eigenvalue weighted by Gasteiger charge is -2.17. The zero-order valence-corrected chi connectivity index (χ0v) is 6.62. The molecule has 1 unspecified atom stereocenters. The van der Waals surface area contributed by atoms with E-state index in [0.717, 1.165) is 19.4 Å². The number of likely N-dealkylation sites (N-methyl/N-ethyl adjacent to an activating group) is 1. The highest BCUT2D eigenvalue weighted by molar-refractivity contribution is 5.56. The third-order valence-corrected chi connectivity index (χ3v) is 2.07. The topological polar surface area (TPSA) is 49.8 Å². The standard InChI is InChI=1S/C7H13NO3/c1-8-4-2-3-6(8)5-11-7(9)10/h6H,2-5H2,1H3,(H,9,10). The molecule has 11 heavy (non-hydrogen) atoms. The Labute approximate surface area is 65.8 Å². The summed E-state index contributed by atoms with van der Waals surface area (Å²) in [6.07, 6.45) is 1.01. The van der Waals surface area contributed by atoms with Crippen molar-refractivity contribution in [3.8, 4) is 0 Å². The maximum atomic E-state index is 10.0. The van der Waals surface area contributed by atoms with Crippen LogP contribution in [0.2, 0.25) is 0 Å². The van der Waals surface area contributed by atoms with Gasteiger partial charge in [-0.1, -0.05) is 0 Å². The molecule has 64 valence electrons. The van der Waals surface area contributed by atoms with Gasteiger partial charge in [0.1, 0.15) is 6.61 Å². The minimum Gasteiger partial charge on any atom is -0.450 e. The van der Waals surface area contributed by atoms with E-state index in [-0.39, 0.29) is 0 Å². The molecule has 1 atom stereocenters. The van der Waals surface area contributed by atoms with Crippen molar-refractivity contribution in [2.45, 2.75) is 18.9 Å². The second-order valence-corrected chi connectivity index (χ2v) is 2.85. The molecule has 1 aliphatic heterocycles. The summed E-state index contributed by atoms with van der Waals surface area (Å²) in [4.78, 5) is 12.1. The van der Waals surface area contributed by atoms with Gasteiger partial charge in [-0.3, -0.25) is 0 Å².